The maximum atomic E-state index is 12.8. The number of anilines is 2. The summed E-state index contributed by atoms with van der Waals surface area (Å²) in [7, 11) is 0. The second-order valence-corrected chi connectivity index (χ2v) is 9.34. The molecule has 3 aromatic rings. The number of carbonyl (C=O) groups excluding carboxylic acids is 2. The van der Waals surface area contributed by atoms with Crippen LogP contribution in [0.3, 0.4) is 0 Å². The van der Waals surface area contributed by atoms with E-state index in [1.807, 2.05) is 71.6 Å². The number of amides is 2. The fourth-order valence-electron chi connectivity index (χ4n) is 3.95. The molecule has 164 valence electrons. The Balaban J connectivity index is 1.53. The Morgan fingerprint density at radius 3 is 2.38 bits per heavy atom. The van der Waals surface area contributed by atoms with Crippen molar-refractivity contribution in [2.45, 2.75) is 38.5 Å². The van der Waals surface area contributed by atoms with Crippen molar-refractivity contribution in [3.63, 3.8) is 0 Å². The van der Waals surface area contributed by atoms with E-state index in [1.54, 1.807) is 11.8 Å². The van der Waals surface area contributed by atoms with E-state index >= 15 is 0 Å². The summed E-state index contributed by atoms with van der Waals surface area (Å²) in [6, 6.07) is 23.6. The minimum Gasteiger partial charge on any atom is -0.322 e. The van der Waals surface area contributed by atoms with E-state index in [9.17, 15) is 9.59 Å². The highest BCUT2D eigenvalue weighted by Gasteiger charge is 2.35. The Hall–Kier alpha value is -3.05. The van der Waals surface area contributed by atoms with Crippen LogP contribution in [0.25, 0.3) is 0 Å². The van der Waals surface area contributed by atoms with Gasteiger partial charge in [-0.3, -0.25) is 14.5 Å². The molecular formula is C27H28N2O2S. The van der Waals surface area contributed by atoms with Crippen LogP contribution in [0, 0.1) is 0 Å². The van der Waals surface area contributed by atoms with Crippen molar-refractivity contribution < 1.29 is 9.59 Å². The summed E-state index contributed by atoms with van der Waals surface area (Å²) in [5.41, 5.74) is 5.78. The van der Waals surface area contributed by atoms with Gasteiger partial charge in [0.05, 0.1) is 5.75 Å². The fraction of sp³-hybridized carbons (Fsp3) is 0.259. The van der Waals surface area contributed by atoms with Gasteiger partial charge >= 0.3 is 0 Å². The molecule has 0 radical (unpaired) electrons. The minimum absolute atomic E-state index is 0.0752. The lowest BCUT2D eigenvalue weighted by atomic mass is 10.00. The molecular weight excluding hydrogens is 416 g/mol. The molecule has 0 aliphatic carbocycles. The lowest BCUT2D eigenvalue weighted by molar-refractivity contribution is -0.115. The van der Waals surface area contributed by atoms with E-state index < -0.39 is 0 Å². The monoisotopic (exact) mass is 444 g/mol. The lowest BCUT2D eigenvalue weighted by Gasteiger charge is -2.27. The van der Waals surface area contributed by atoms with Crippen LogP contribution in [0.15, 0.2) is 72.8 Å². The SMILES string of the molecule is CCc1ccc(C(=O)Nc2ccc([C@@H]3SCC(=O)N3c3ccccc3C(C)C)cc2)cc1. The molecule has 3 aromatic carbocycles. The van der Waals surface area contributed by atoms with Crippen LogP contribution in [-0.4, -0.2) is 17.6 Å². The summed E-state index contributed by atoms with van der Waals surface area (Å²) in [6.07, 6.45) is 0.948. The number of rotatable bonds is 6. The van der Waals surface area contributed by atoms with Crippen molar-refractivity contribution in [1.29, 1.82) is 0 Å². The van der Waals surface area contributed by atoms with E-state index in [0.717, 1.165) is 23.4 Å². The molecule has 1 aliphatic heterocycles. The zero-order valence-electron chi connectivity index (χ0n) is 18.7. The van der Waals surface area contributed by atoms with Gasteiger partial charge < -0.3 is 5.32 Å². The molecule has 4 rings (SSSR count). The topological polar surface area (TPSA) is 49.4 Å². The number of para-hydroxylation sites is 1. The van der Waals surface area contributed by atoms with E-state index in [4.69, 9.17) is 0 Å². The van der Waals surface area contributed by atoms with E-state index in [-0.39, 0.29) is 17.2 Å². The van der Waals surface area contributed by atoms with Gasteiger partial charge in [-0.1, -0.05) is 63.2 Å². The molecule has 0 aromatic heterocycles. The molecule has 1 saturated heterocycles. The van der Waals surface area contributed by atoms with Gasteiger partial charge in [-0.05, 0) is 59.4 Å². The molecule has 0 saturated carbocycles. The average Bonchev–Trinajstić information content (AvgIpc) is 3.20. The molecule has 32 heavy (non-hydrogen) atoms. The molecule has 5 heteroatoms. The first-order valence-electron chi connectivity index (χ1n) is 11.0. The first-order chi connectivity index (χ1) is 15.5. The van der Waals surface area contributed by atoms with Gasteiger partial charge in [0.15, 0.2) is 0 Å². The van der Waals surface area contributed by atoms with Crippen LogP contribution in [0.5, 0.6) is 0 Å². The largest absolute Gasteiger partial charge is 0.322 e. The number of nitrogens with one attached hydrogen (secondary N) is 1. The van der Waals surface area contributed by atoms with Crippen LogP contribution < -0.4 is 10.2 Å². The summed E-state index contributed by atoms with van der Waals surface area (Å²) >= 11 is 1.64. The maximum absolute atomic E-state index is 12.8. The highest BCUT2D eigenvalue weighted by molar-refractivity contribution is 8.00. The van der Waals surface area contributed by atoms with Crippen LogP contribution in [0.2, 0.25) is 0 Å². The third-order valence-corrected chi connectivity index (χ3v) is 6.98. The molecule has 2 amide bonds. The average molecular weight is 445 g/mol. The molecule has 1 fully saturated rings. The summed E-state index contributed by atoms with van der Waals surface area (Å²) < 4.78 is 0. The van der Waals surface area contributed by atoms with Crippen molar-refractivity contribution in [3.8, 4) is 0 Å². The van der Waals surface area contributed by atoms with Crippen LogP contribution in [0.4, 0.5) is 11.4 Å². The quantitative estimate of drug-likeness (QED) is 0.478. The Labute approximate surface area is 194 Å². The Bertz CT molecular complexity index is 1110. The van der Waals surface area contributed by atoms with Crippen molar-refractivity contribution in [3.05, 3.63) is 95.1 Å². The van der Waals surface area contributed by atoms with Gasteiger partial charge in [0.25, 0.3) is 5.91 Å². The van der Waals surface area contributed by atoms with E-state index in [0.29, 0.717) is 17.2 Å². The highest BCUT2D eigenvalue weighted by atomic mass is 32.2. The van der Waals surface area contributed by atoms with Gasteiger partial charge in [0.1, 0.15) is 5.37 Å². The van der Waals surface area contributed by atoms with E-state index in [1.165, 1.54) is 11.1 Å². The molecule has 0 spiro atoms. The predicted octanol–water partition coefficient (Wildman–Crippen LogP) is 6.40. The molecule has 1 N–H and O–H groups in total. The van der Waals surface area contributed by atoms with Gasteiger partial charge in [-0.25, -0.2) is 0 Å². The van der Waals surface area contributed by atoms with Crippen LogP contribution in [0.1, 0.15) is 59.1 Å². The smallest absolute Gasteiger partial charge is 0.255 e. The van der Waals surface area contributed by atoms with Gasteiger partial charge in [0, 0.05) is 16.9 Å². The summed E-state index contributed by atoms with van der Waals surface area (Å²) in [6.45, 7) is 6.39. The van der Waals surface area contributed by atoms with E-state index in [2.05, 4.69) is 32.2 Å². The number of aryl methyl sites for hydroxylation is 1. The maximum Gasteiger partial charge on any atom is 0.255 e. The van der Waals surface area contributed by atoms with Gasteiger partial charge in [-0.15, -0.1) is 11.8 Å². The Kier molecular flexibility index (Phi) is 6.66. The van der Waals surface area contributed by atoms with Crippen molar-refractivity contribution >= 4 is 35.0 Å². The first kappa shape index (κ1) is 22.2. The number of hydrogen-bond acceptors (Lipinski definition) is 3. The predicted molar refractivity (Wildman–Crippen MR) is 133 cm³/mol. The summed E-state index contributed by atoms with van der Waals surface area (Å²) in [5.74, 6) is 0.789. The van der Waals surface area contributed by atoms with Crippen LogP contribution in [-0.2, 0) is 11.2 Å². The summed E-state index contributed by atoms with van der Waals surface area (Å²) in [5, 5.41) is 2.89. The van der Waals surface area contributed by atoms with Gasteiger partial charge in [0.2, 0.25) is 5.91 Å². The van der Waals surface area contributed by atoms with Crippen LogP contribution >= 0.6 is 11.8 Å². The third-order valence-electron chi connectivity index (χ3n) is 5.76. The zero-order valence-corrected chi connectivity index (χ0v) is 19.5. The molecule has 1 aliphatic rings. The number of benzene rings is 3. The number of hydrogen-bond donors (Lipinski definition) is 1. The first-order valence-corrected chi connectivity index (χ1v) is 12.1. The molecule has 1 heterocycles. The molecule has 1 atom stereocenters. The number of nitrogens with zero attached hydrogens (tertiary/aromatic N) is 1. The molecule has 0 bridgehead atoms. The lowest BCUT2D eigenvalue weighted by Crippen LogP contribution is -2.29. The normalized spacial score (nSPS) is 15.9. The minimum atomic E-state index is -0.127. The zero-order chi connectivity index (χ0) is 22.7. The molecule has 4 nitrogen and oxygen atoms in total. The second-order valence-electron chi connectivity index (χ2n) is 8.27. The molecule has 0 unspecified atom stereocenters. The number of carbonyl (C=O) groups is 2. The second kappa shape index (κ2) is 9.61. The van der Waals surface area contributed by atoms with Crippen molar-refractivity contribution in [2.24, 2.45) is 0 Å². The van der Waals surface area contributed by atoms with Gasteiger partial charge in [-0.2, -0.15) is 0 Å². The third kappa shape index (κ3) is 4.58. The standard InChI is InChI=1S/C27H28N2O2S/c1-4-19-9-11-20(12-10-19)26(31)28-22-15-13-21(14-16-22)27-29(25(30)17-32-27)24-8-6-5-7-23(24)18(2)3/h5-16,18,27H,4,17H2,1-3H3,(H,28,31)/t27-/m0/s1. The Morgan fingerprint density at radius 2 is 1.72 bits per heavy atom. The number of thioether (sulfide) groups is 1. The highest BCUT2D eigenvalue weighted by Crippen LogP contribution is 2.44. The van der Waals surface area contributed by atoms with Crippen molar-refractivity contribution in [1.82, 2.24) is 0 Å². The fourth-order valence-corrected chi connectivity index (χ4v) is 5.12. The Morgan fingerprint density at radius 1 is 1.03 bits per heavy atom. The summed E-state index contributed by atoms with van der Waals surface area (Å²) in [4.78, 5) is 27.3. The van der Waals surface area contributed by atoms with Crippen molar-refractivity contribution in [2.75, 3.05) is 16.0 Å².